The van der Waals surface area contributed by atoms with Crippen LogP contribution in [0.1, 0.15) is 50.4 Å². The number of benzene rings is 1. The van der Waals surface area contributed by atoms with Gasteiger partial charge in [0.25, 0.3) is 0 Å². The second kappa shape index (κ2) is 18.1. The summed E-state index contributed by atoms with van der Waals surface area (Å²) in [6.07, 6.45) is 0.547. The summed E-state index contributed by atoms with van der Waals surface area (Å²) in [5, 5.41) is 81.9. The number of ketones is 1. The van der Waals surface area contributed by atoms with Gasteiger partial charge in [-0.15, -0.1) is 0 Å². The number of ether oxygens (including phenoxy) is 1. The summed E-state index contributed by atoms with van der Waals surface area (Å²) in [7, 11) is 0. The summed E-state index contributed by atoms with van der Waals surface area (Å²) in [6, 6.07) is 6.25. The van der Waals surface area contributed by atoms with Crippen molar-refractivity contribution in [2.75, 3.05) is 11.9 Å². The summed E-state index contributed by atoms with van der Waals surface area (Å²) in [5.74, 6) is -2.00. The van der Waals surface area contributed by atoms with Gasteiger partial charge in [-0.3, -0.25) is 9.59 Å². The maximum Gasteiger partial charge on any atom is 0.306 e. The number of anilines is 1. The molecule has 0 spiro atoms. The van der Waals surface area contributed by atoms with Crippen molar-refractivity contribution in [2.24, 2.45) is 17.8 Å². The Morgan fingerprint density at radius 2 is 1.48 bits per heavy atom. The largest absolute Gasteiger partial charge is 0.481 e. The SMILES string of the molecule is CC(C=CC=CC=CC(O)CC(=O)O)C(O)C(C)CC(C)C(O)CC(=O)c1ccc(NC2OC(CO)C(O)C(O)C2O)cc1. The van der Waals surface area contributed by atoms with E-state index in [9.17, 15) is 45.3 Å². The van der Waals surface area contributed by atoms with Gasteiger partial charge in [0.1, 0.15) is 24.4 Å². The van der Waals surface area contributed by atoms with Crippen molar-refractivity contribution in [3.8, 4) is 0 Å². The molecule has 11 unspecified atom stereocenters. The highest BCUT2D eigenvalue weighted by Crippen LogP contribution is 2.26. The lowest BCUT2D eigenvalue weighted by Crippen LogP contribution is -2.60. The molecule has 0 saturated carbocycles. The summed E-state index contributed by atoms with van der Waals surface area (Å²) >= 11 is 0. The lowest BCUT2D eigenvalue weighted by atomic mass is 9.83. The van der Waals surface area contributed by atoms with E-state index in [4.69, 9.17) is 9.84 Å². The highest BCUT2D eigenvalue weighted by molar-refractivity contribution is 5.96. The Balaban J connectivity index is 1.83. The number of Topliss-reactive ketones (excluding diaryl/α,β-unsaturated/α-hetero) is 1. The quantitative estimate of drug-likeness (QED) is 0.0879. The van der Waals surface area contributed by atoms with Crippen molar-refractivity contribution in [2.45, 2.75) is 89.0 Å². The number of aliphatic carboxylic acids is 1. The fraction of sp³-hybridized carbons (Fsp3) is 0.562. The van der Waals surface area contributed by atoms with Gasteiger partial charge in [-0.1, -0.05) is 57.2 Å². The number of nitrogens with one attached hydrogen (secondary N) is 1. The summed E-state index contributed by atoms with van der Waals surface area (Å²) in [5.41, 5.74) is 0.828. The zero-order chi connectivity index (χ0) is 33.0. The van der Waals surface area contributed by atoms with Crippen LogP contribution in [0.3, 0.4) is 0 Å². The topological polar surface area (TPSA) is 217 Å². The maximum absolute atomic E-state index is 12.8. The van der Waals surface area contributed by atoms with Gasteiger partial charge in [0.05, 0.1) is 31.3 Å². The Hall–Kier alpha value is -2.94. The molecule has 1 fully saturated rings. The highest BCUT2D eigenvalue weighted by atomic mass is 16.6. The normalized spacial score (nSPS) is 26.8. The molecule has 0 bridgehead atoms. The third-order valence-corrected chi connectivity index (χ3v) is 7.79. The molecule has 246 valence electrons. The number of allylic oxidation sites excluding steroid dienone is 4. The van der Waals surface area contributed by atoms with E-state index in [-0.39, 0.29) is 36.4 Å². The second-order valence-electron chi connectivity index (χ2n) is 11.5. The molecule has 0 amide bonds. The van der Waals surface area contributed by atoms with Gasteiger partial charge in [-0.25, -0.2) is 0 Å². The van der Waals surface area contributed by atoms with E-state index >= 15 is 0 Å². The van der Waals surface area contributed by atoms with Crippen LogP contribution in [0.25, 0.3) is 0 Å². The highest BCUT2D eigenvalue weighted by Gasteiger charge is 2.43. The van der Waals surface area contributed by atoms with Crippen LogP contribution in [-0.4, -0.2) is 108 Å². The van der Waals surface area contributed by atoms with Crippen molar-refractivity contribution in [3.63, 3.8) is 0 Å². The Bertz CT molecular complexity index is 1120. The fourth-order valence-corrected chi connectivity index (χ4v) is 4.97. The minimum absolute atomic E-state index is 0.113. The van der Waals surface area contributed by atoms with Crippen molar-refractivity contribution >= 4 is 17.4 Å². The molecule has 1 aliphatic rings. The Kier molecular flexibility index (Phi) is 15.3. The number of carboxylic acids is 1. The molecule has 1 aromatic carbocycles. The molecule has 44 heavy (non-hydrogen) atoms. The van der Waals surface area contributed by atoms with E-state index in [1.54, 1.807) is 48.6 Å². The van der Waals surface area contributed by atoms with Gasteiger partial charge in [-0.05, 0) is 42.5 Å². The molecule has 9 N–H and O–H groups in total. The Morgan fingerprint density at radius 3 is 2.07 bits per heavy atom. The number of carbonyl (C=O) groups is 2. The summed E-state index contributed by atoms with van der Waals surface area (Å²) in [6.45, 7) is 5.01. The molecule has 12 heteroatoms. The van der Waals surface area contributed by atoms with Crippen LogP contribution in [0.2, 0.25) is 0 Å². The van der Waals surface area contributed by atoms with Crippen molar-refractivity contribution < 1.29 is 55.2 Å². The second-order valence-corrected chi connectivity index (χ2v) is 11.5. The van der Waals surface area contributed by atoms with Gasteiger partial charge in [0.15, 0.2) is 12.0 Å². The number of aliphatic hydroxyl groups is 7. The smallest absolute Gasteiger partial charge is 0.306 e. The van der Waals surface area contributed by atoms with Gasteiger partial charge >= 0.3 is 5.97 Å². The first-order valence-corrected chi connectivity index (χ1v) is 14.7. The first kappa shape index (κ1) is 37.2. The van der Waals surface area contributed by atoms with E-state index in [0.717, 1.165) is 0 Å². The molecule has 0 aliphatic carbocycles. The average molecular weight is 622 g/mol. The summed E-state index contributed by atoms with van der Waals surface area (Å²) < 4.78 is 5.43. The molecule has 2 rings (SSSR count). The van der Waals surface area contributed by atoms with Crippen LogP contribution in [0.4, 0.5) is 5.69 Å². The van der Waals surface area contributed by atoms with Gasteiger partial charge in [0, 0.05) is 23.6 Å². The predicted molar refractivity (Wildman–Crippen MR) is 163 cm³/mol. The number of aliphatic hydroxyl groups excluding tert-OH is 7. The number of carboxylic acid groups (broad SMARTS) is 1. The van der Waals surface area contributed by atoms with Gasteiger partial charge in [-0.2, -0.15) is 0 Å². The summed E-state index contributed by atoms with van der Waals surface area (Å²) in [4.78, 5) is 23.4. The van der Waals surface area contributed by atoms with Gasteiger partial charge < -0.3 is 50.9 Å². The van der Waals surface area contributed by atoms with Crippen molar-refractivity contribution in [3.05, 3.63) is 66.3 Å². The molecular formula is C32H47NO11. The number of hydrogen-bond donors (Lipinski definition) is 9. The van der Waals surface area contributed by atoms with Crippen LogP contribution < -0.4 is 5.32 Å². The van der Waals surface area contributed by atoms with Crippen LogP contribution in [0.5, 0.6) is 0 Å². The first-order valence-electron chi connectivity index (χ1n) is 14.7. The molecule has 1 aromatic rings. The van der Waals surface area contributed by atoms with E-state index in [0.29, 0.717) is 17.7 Å². The van der Waals surface area contributed by atoms with E-state index in [1.165, 1.54) is 6.08 Å². The minimum Gasteiger partial charge on any atom is -0.481 e. The van der Waals surface area contributed by atoms with E-state index in [2.05, 4.69) is 5.32 Å². The molecule has 0 radical (unpaired) electrons. The average Bonchev–Trinajstić information content (AvgIpc) is 2.98. The number of hydrogen-bond acceptors (Lipinski definition) is 11. The lowest BCUT2D eigenvalue weighted by Gasteiger charge is -2.40. The predicted octanol–water partition coefficient (Wildman–Crippen LogP) is 0.996. The maximum atomic E-state index is 12.8. The minimum atomic E-state index is -1.52. The Morgan fingerprint density at radius 1 is 0.864 bits per heavy atom. The lowest BCUT2D eigenvalue weighted by molar-refractivity contribution is -0.221. The van der Waals surface area contributed by atoms with E-state index in [1.807, 2.05) is 26.8 Å². The molecule has 1 aliphatic heterocycles. The molecular weight excluding hydrogens is 574 g/mol. The van der Waals surface area contributed by atoms with Crippen LogP contribution in [-0.2, 0) is 9.53 Å². The third kappa shape index (κ3) is 11.5. The van der Waals surface area contributed by atoms with Crippen LogP contribution in [0, 0.1) is 17.8 Å². The number of carbonyl (C=O) groups excluding carboxylic acids is 1. The van der Waals surface area contributed by atoms with Crippen LogP contribution in [0.15, 0.2) is 60.7 Å². The molecule has 1 saturated heterocycles. The van der Waals surface area contributed by atoms with Gasteiger partial charge in [0.2, 0.25) is 0 Å². The zero-order valence-corrected chi connectivity index (χ0v) is 25.3. The Labute approximate surface area is 257 Å². The molecule has 11 atom stereocenters. The van der Waals surface area contributed by atoms with Crippen LogP contribution >= 0.6 is 0 Å². The third-order valence-electron chi connectivity index (χ3n) is 7.79. The molecule has 12 nitrogen and oxygen atoms in total. The number of rotatable bonds is 17. The fourth-order valence-electron chi connectivity index (χ4n) is 4.97. The molecule has 0 aromatic heterocycles. The van der Waals surface area contributed by atoms with Crippen molar-refractivity contribution in [1.82, 2.24) is 0 Å². The van der Waals surface area contributed by atoms with E-state index < -0.39 is 61.5 Å². The molecule has 1 heterocycles. The standard InChI is InChI=1S/C32H47NO11/c1-18(8-6-4-5-7-9-23(35)15-27(38)39)28(40)20(3)14-19(2)24(36)16-25(37)21-10-12-22(13-11-21)33-32-31(43)30(42)29(41)26(17-34)44-32/h4-13,18-20,23-24,26,28-36,40-43H,14-17H2,1-3H3,(H,38,39). The monoisotopic (exact) mass is 621 g/mol. The first-order chi connectivity index (χ1) is 20.7. The van der Waals surface area contributed by atoms with Crippen molar-refractivity contribution in [1.29, 1.82) is 0 Å². The zero-order valence-electron chi connectivity index (χ0n) is 25.3.